The van der Waals surface area contributed by atoms with Gasteiger partial charge in [-0.25, -0.2) is 0 Å². The average molecular weight is 255 g/mol. The molecule has 0 amide bonds. The topological polar surface area (TPSA) is 98.9 Å². The van der Waals surface area contributed by atoms with Crippen LogP contribution in [-0.4, -0.2) is 41.6 Å². The van der Waals surface area contributed by atoms with Gasteiger partial charge in [0.1, 0.15) is 6.10 Å². The second kappa shape index (κ2) is 6.96. The Morgan fingerprint density at radius 3 is 2.12 bits per heavy atom. The summed E-state index contributed by atoms with van der Waals surface area (Å²) < 4.78 is 21.8. The lowest BCUT2D eigenvalue weighted by atomic mass is 10.2. The minimum atomic E-state index is -3.42. The maximum absolute atomic E-state index is 11.9. The van der Waals surface area contributed by atoms with E-state index in [1.807, 2.05) is 0 Å². The molecule has 8 heteroatoms. The molecule has 0 spiro atoms. The zero-order valence-electron chi connectivity index (χ0n) is 9.66. The number of hydrogen-bond acceptors (Lipinski definition) is 6. The zero-order valence-corrected chi connectivity index (χ0v) is 10.6. The Bertz CT molecular complexity index is 261. The average Bonchev–Trinajstić information content (AvgIpc) is 2.16. The highest BCUT2D eigenvalue weighted by Crippen LogP contribution is 2.48. The van der Waals surface area contributed by atoms with Crippen LogP contribution in [0, 0.1) is 10.1 Å². The van der Waals surface area contributed by atoms with Crippen molar-refractivity contribution in [1.82, 2.24) is 0 Å². The quantitative estimate of drug-likeness (QED) is 0.398. The summed E-state index contributed by atoms with van der Waals surface area (Å²) in [6, 6.07) is -1.20. The molecular formula is C8H18NO6P. The predicted octanol–water partition coefficient (Wildman–Crippen LogP) is 1.28. The number of nitrogens with zero attached hydrogens (tertiary/aromatic N) is 1. The molecule has 0 rings (SSSR count). The summed E-state index contributed by atoms with van der Waals surface area (Å²) >= 11 is 0. The fourth-order valence-corrected chi connectivity index (χ4v) is 2.89. The van der Waals surface area contributed by atoms with E-state index in [1.54, 1.807) is 13.8 Å². The normalized spacial score (nSPS) is 15.8. The van der Waals surface area contributed by atoms with E-state index < -0.39 is 24.7 Å². The second-order valence-corrected chi connectivity index (χ2v) is 5.33. The molecule has 96 valence electrons. The summed E-state index contributed by atoms with van der Waals surface area (Å²) in [5.74, 6) is 0. The molecule has 0 aromatic heterocycles. The highest BCUT2D eigenvalue weighted by molar-refractivity contribution is 7.53. The second-order valence-electron chi connectivity index (χ2n) is 3.22. The van der Waals surface area contributed by atoms with Crippen LogP contribution in [0.2, 0.25) is 0 Å². The Morgan fingerprint density at radius 1 is 1.38 bits per heavy atom. The lowest BCUT2D eigenvalue weighted by Crippen LogP contribution is -2.33. The fraction of sp³-hybridized carbons (Fsp3) is 1.00. The van der Waals surface area contributed by atoms with Crippen LogP contribution in [0.15, 0.2) is 0 Å². The summed E-state index contributed by atoms with van der Waals surface area (Å²) in [6.45, 7) is 4.84. The summed E-state index contributed by atoms with van der Waals surface area (Å²) in [4.78, 5) is 9.78. The lowest BCUT2D eigenvalue weighted by Gasteiger charge is -2.20. The first-order valence-electron chi connectivity index (χ1n) is 5.06. The minimum Gasteiger partial charge on any atom is -0.385 e. The molecule has 0 heterocycles. The van der Waals surface area contributed by atoms with Crippen LogP contribution < -0.4 is 0 Å². The van der Waals surface area contributed by atoms with Crippen molar-refractivity contribution in [2.24, 2.45) is 0 Å². The Balaban J connectivity index is 4.50. The third kappa shape index (κ3) is 5.03. The Labute approximate surface area is 94.4 Å². The number of aliphatic hydroxyl groups excluding tert-OH is 1. The maximum Gasteiger partial charge on any atom is 0.333 e. The predicted molar refractivity (Wildman–Crippen MR) is 58.2 cm³/mol. The first-order valence-corrected chi connectivity index (χ1v) is 6.78. The van der Waals surface area contributed by atoms with Crippen molar-refractivity contribution in [2.75, 3.05) is 19.4 Å². The van der Waals surface area contributed by atoms with Gasteiger partial charge < -0.3 is 14.2 Å². The molecule has 0 aromatic carbocycles. The van der Waals surface area contributed by atoms with Crippen LogP contribution in [-0.2, 0) is 13.6 Å². The van der Waals surface area contributed by atoms with Gasteiger partial charge in [-0.1, -0.05) is 0 Å². The Hall–Kier alpha value is -0.490. The first kappa shape index (κ1) is 15.5. The van der Waals surface area contributed by atoms with Gasteiger partial charge in [-0.05, 0) is 13.8 Å². The van der Waals surface area contributed by atoms with E-state index >= 15 is 0 Å². The first-order chi connectivity index (χ1) is 7.36. The molecule has 2 atom stereocenters. The Morgan fingerprint density at radius 2 is 1.81 bits per heavy atom. The zero-order chi connectivity index (χ0) is 12.8. The van der Waals surface area contributed by atoms with Gasteiger partial charge in [-0.15, -0.1) is 0 Å². The summed E-state index contributed by atoms with van der Waals surface area (Å²) in [6.07, 6.45) is -1.71. The molecule has 16 heavy (non-hydrogen) atoms. The Kier molecular flexibility index (Phi) is 6.74. The van der Waals surface area contributed by atoms with Crippen LogP contribution in [0.1, 0.15) is 20.8 Å². The van der Waals surface area contributed by atoms with E-state index in [2.05, 4.69) is 0 Å². The van der Waals surface area contributed by atoms with Gasteiger partial charge in [0.05, 0.1) is 19.4 Å². The maximum atomic E-state index is 11.9. The van der Waals surface area contributed by atoms with Gasteiger partial charge in [0.25, 0.3) is 0 Å². The molecule has 7 nitrogen and oxygen atoms in total. The SMILES string of the molecule is CCOP(=O)(CC(O)C(C)[N+](=O)[O-])OCC. The summed E-state index contributed by atoms with van der Waals surface area (Å²) in [7, 11) is -3.42. The van der Waals surface area contributed by atoms with Gasteiger partial charge in [0.15, 0.2) is 0 Å². The van der Waals surface area contributed by atoms with Crippen LogP contribution in [0.3, 0.4) is 0 Å². The number of rotatable bonds is 8. The molecular weight excluding hydrogens is 237 g/mol. The van der Waals surface area contributed by atoms with E-state index in [-0.39, 0.29) is 19.4 Å². The van der Waals surface area contributed by atoms with E-state index in [4.69, 9.17) is 9.05 Å². The number of hydrogen-bond donors (Lipinski definition) is 1. The van der Waals surface area contributed by atoms with E-state index in [0.717, 1.165) is 0 Å². The van der Waals surface area contributed by atoms with E-state index in [9.17, 15) is 19.8 Å². The molecule has 0 aromatic rings. The third-order valence-electron chi connectivity index (χ3n) is 1.95. The highest BCUT2D eigenvalue weighted by atomic mass is 31.2. The van der Waals surface area contributed by atoms with Gasteiger partial charge in [0, 0.05) is 11.8 Å². The molecule has 0 saturated heterocycles. The van der Waals surface area contributed by atoms with Crippen molar-refractivity contribution in [2.45, 2.75) is 32.9 Å². The van der Waals surface area contributed by atoms with Crippen molar-refractivity contribution >= 4 is 7.60 Å². The minimum absolute atomic E-state index is 0.164. The monoisotopic (exact) mass is 255 g/mol. The largest absolute Gasteiger partial charge is 0.385 e. The summed E-state index contributed by atoms with van der Waals surface area (Å²) in [5.41, 5.74) is 0. The van der Waals surface area contributed by atoms with E-state index in [1.165, 1.54) is 6.92 Å². The van der Waals surface area contributed by atoms with Gasteiger partial charge in [0.2, 0.25) is 6.04 Å². The molecule has 0 aliphatic carbocycles. The van der Waals surface area contributed by atoms with E-state index in [0.29, 0.717) is 0 Å². The van der Waals surface area contributed by atoms with Crippen LogP contribution >= 0.6 is 7.60 Å². The third-order valence-corrected chi connectivity index (χ3v) is 4.08. The fourth-order valence-electron chi connectivity index (χ4n) is 1.06. The van der Waals surface area contributed by atoms with Crippen molar-refractivity contribution in [3.05, 3.63) is 10.1 Å². The smallest absolute Gasteiger partial charge is 0.333 e. The molecule has 0 radical (unpaired) electrons. The molecule has 1 N–H and O–H groups in total. The molecule has 0 fully saturated rings. The number of nitro groups is 1. The van der Waals surface area contributed by atoms with Crippen LogP contribution in [0.4, 0.5) is 0 Å². The molecule has 2 unspecified atom stereocenters. The highest BCUT2D eigenvalue weighted by Gasteiger charge is 2.34. The van der Waals surface area contributed by atoms with Gasteiger partial charge >= 0.3 is 7.60 Å². The van der Waals surface area contributed by atoms with Crippen molar-refractivity contribution in [3.63, 3.8) is 0 Å². The standard InChI is InChI=1S/C8H18NO6P/c1-4-14-16(13,15-5-2)6-8(10)7(3)9(11)12/h7-8,10H,4-6H2,1-3H3. The van der Waals surface area contributed by atoms with Gasteiger partial charge in [-0.3, -0.25) is 14.7 Å². The van der Waals surface area contributed by atoms with Crippen LogP contribution in [0.25, 0.3) is 0 Å². The van der Waals surface area contributed by atoms with Crippen molar-refractivity contribution in [3.8, 4) is 0 Å². The number of aliphatic hydroxyl groups is 1. The summed E-state index contributed by atoms with van der Waals surface area (Å²) in [5, 5.41) is 19.9. The van der Waals surface area contributed by atoms with Crippen molar-refractivity contribution in [1.29, 1.82) is 0 Å². The molecule has 0 bridgehead atoms. The van der Waals surface area contributed by atoms with Crippen molar-refractivity contribution < 1.29 is 23.6 Å². The molecule has 0 aliphatic rings. The van der Waals surface area contributed by atoms with Crippen LogP contribution in [0.5, 0.6) is 0 Å². The molecule has 0 aliphatic heterocycles. The lowest BCUT2D eigenvalue weighted by molar-refractivity contribution is -0.528. The van der Waals surface area contributed by atoms with Gasteiger partial charge in [-0.2, -0.15) is 0 Å². The molecule has 0 saturated carbocycles.